The van der Waals surface area contributed by atoms with Crippen molar-refractivity contribution in [1.29, 1.82) is 0 Å². The molecule has 0 aliphatic rings. The van der Waals surface area contributed by atoms with Crippen LogP contribution < -0.4 is 9.62 Å². The van der Waals surface area contributed by atoms with Crippen LogP contribution in [0.25, 0.3) is 0 Å². The van der Waals surface area contributed by atoms with Crippen molar-refractivity contribution in [3.05, 3.63) is 94.8 Å². The van der Waals surface area contributed by atoms with E-state index in [0.717, 1.165) is 27.6 Å². The summed E-state index contributed by atoms with van der Waals surface area (Å²) in [6.45, 7) is 8.43. The van der Waals surface area contributed by atoms with E-state index in [9.17, 15) is 22.4 Å². The first-order valence-electron chi connectivity index (χ1n) is 12.4. The number of halogens is 2. The lowest BCUT2D eigenvalue weighted by molar-refractivity contribution is -0.140. The van der Waals surface area contributed by atoms with Crippen LogP contribution in [0.4, 0.5) is 10.1 Å². The number of hydrogen-bond donors (Lipinski definition) is 1. The van der Waals surface area contributed by atoms with Crippen LogP contribution in [-0.4, -0.2) is 43.3 Å². The third-order valence-electron chi connectivity index (χ3n) is 5.90. The summed E-state index contributed by atoms with van der Waals surface area (Å²) in [5, 5.41) is 2.59. The Morgan fingerprint density at radius 3 is 2.26 bits per heavy atom. The third kappa shape index (κ3) is 7.80. The Balaban J connectivity index is 2.05. The molecule has 7 nitrogen and oxygen atoms in total. The molecule has 39 heavy (non-hydrogen) atoms. The molecule has 10 heteroatoms. The molecule has 0 saturated carbocycles. The van der Waals surface area contributed by atoms with Gasteiger partial charge in [-0.3, -0.25) is 13.9 Å². The van der Waals surface area contributed by atoms with Crippen LogP contribution in [0, 0.1) is 12.7 Å². The first-order chi connectivity index (χ1) is 18.2. The zero-order chi connectivity index (χ0) is 29.0. The molecule has 0 unspecified atom stereocenters. The van der Waals surface area contributed by atoms with E-state index < -0.39 is 39.9 Å². The summed E-state index contributed by atoms with van der Waals surface area (Å²) in [7, 11) is -4.26. The van der Waals surface area contributed by atoms with Crippen molar-refractivity contribution in [3.63, 3.8) is 0 Å². The predicted molar refractivity (Wildman–Crippen MR) is 151 cm³/mol. The summed E-state index contributed by atoms with van der Waals surface area (Å²) < 4.78 is 42.3. The minimum atomic E-state index is -4.26. The SMILES string of the molecule is Cc1cccc(CN(C(=O)CN(c2ccc(F)c(Cl)c2)S(=O)(=O)c2ccccc2)[C@H](C)C(=O)NC(C)(C)C)c1. The Hall–Kier alpha value is -3.43. The van der Waals surface area contributed by atoms with Gasteiger partial charge in [0.2, 0.25) is 11.8 Å². The molecule has 0 aliphatic heterocycles. The largest absolute Gasteiger partial charge is 0.350 e. The molecule has 0 spiro atoms. The molecule has 0 aliphatic carbocycles. The van der Waals surface area contributed by atoms with Crippen molar-refractivity contribution in [3.8, 4) is 0 Å². The summed E-state index contributed by atoms with van der Waals surface area (Å²) in [6, 6.07) is 17.6. The number of benzene rings is 3. The average Bonchev–Trinajstić information content (AvgIpc) is 2.86. The van der Waals surface area contributed by atoms with Crippen LogP contribution in [0.5, 0.6) is 0 Å². The van der Waals surface area contributed by atoms with E-state index in [1.165, 1.54) is 23.1 Å². The molecule has 0 radical (unpaired) electrons. The average molecular weight is 574 g/mol. The number of amides is 2. The second kappa shape index (κ2) is 12.2. The van der Waals surface area contributed by atoms with Crippen LogP contribution in [0.3, 0.4) is 0 Å². The second-order valence-corrected chi connectivity index (χ2v) is 12.6. The number of rotatable bonds is 9. The van der Waals surface area contributed by atoms with Gasteiger partial charge in [0, 0.05) is 12.1 Å². The van der Waals surface area contributed by atoms with Gasteiger partial charge in [0.05, 0.1) is 15.6 Å². The second-order valence-electron chi connectivity index (χ2n) is 10.3. The monoisotopic (exact) mass is 573 g/mol. The highest BCUT2D eigenvalue weighted by Gasteiger charge is 2.33. The Morgan fingerprint density at radius 2 is 1.67 bits per heavy atom. The highest BCUT2D eigenvalue weighted by Crippen LogP contribution is 2.28. The lowest BCUT2D eigenvalue weighted by Gasteiger charge is -2.33. The molecule has 0 fully saturated rings. The quantitative estimate of drug-likeness (QED) is 0.376. The molecule has 0 aromatic heterocycles. The number of sulfonamides is 1. The van der Waals surface area contributed by atoms with E-state index in [1.54, 1.807) is 25.1 Å². The highest BCUT2D eigenvalue weighted by molar-refractivity contribution is 7.92. The Morgan fingerprint density at radius 1 is 1.00 bits per heavy atom. The van der Waals surface area contributed by atoms with Crippen molar-refractivity contribution in [2.75, 3.05) is 10.8 Å². The molecule has 2 amide bonds. The van der Waals surface area contributed by atoms with Gasteiger partial charge in [0.1, 0.15) is 18.4 Å². The van der Waals surface area contributed by atoms with Gasteiger partial charge in [-0.25, -0.2) is 12.8 Å². The molecule has 1 N–H and O–H groups in total. The smallest absolute Gasteiger partial charge is 0.264 e. The number of nitrogens with one attached hydrogen (secondary N) is 1. The van der Waals surface area contributed by atoms with E-state index in [-0.39, 0.29) is 28.1 Å². The van der Waals surface area contributed by atoms with Gasteiger partial charge in [-0.2, -0.15) is 0 Å². The predicted octanol–water partition coefficient (Wildman–Crippen LogP) is 5.31. The van der Waals surface area contributed by atoms with Crippen molar-refractivity contribution in [2.45, 2.75) is 57.6 Å². The van der Waals surface area contributed by atoms with E-state index in [2.05, 4.69) is 5.32 Å². The molecular weight excluding hydrogens is 541 g/mol. The van der Waals surface area contributed by atoms with Crippen molar-refractivity contribution in [1.82, 2.24) is 10.2 Å². The summed E-state index contributed by atoms with van der Waals surface area (Å²) in [6.07, 6.45) is 0. The Kier molecular flexibility index (Phi) is 9.40. The fourth-order valence-corrected chi connectivity index (χ4v) is 5.55. The molecule has 0 bridgehead atoms. The normalized spacial score (nSPS) is 12.5. The molecule has 1 atom stereocenters. The van der Waals surface area contributed by atoms with Crippen molar-refractivity contribution in [2.24, 2.45) is 0 Å². The van der Waals surface area contributed by atoms with Crippen LogP contribution in [-0.2, 0) is 26.2 Å². The standard InChI is InChI=1S/C29H33ClFN3O4S/c1-20-10-9-11-22(16-20)18-33(21(2)28(36)32-29(3,4)5)27(35)19-34(23-14-15-26(31)25(30)17-23)39(37,38)24-12-7-6-8-13-24/h6-17,21H,18-19H2,1-5H3,(H,32,36)/t21-/m1/s1. The third-order valence-corrected chi connectivity index (χ3v) is 7.98. The summed E-state index contributed by atoms with van der Waals surface area (Å²) >= 11 is 5.98. The fourth-order valence-electron chi connectivity index (χ4n) is 3.95. The maximum Gasteiger partial charge on any atom is 0.264 e. The number of hydrogen-bond acceptors (Lipinski definition) is 4. The molecule has 3 aromatic carbocycles. The van der Waals surface area contributed by atoms with E-state index >= 15 is 0 Å². The molecular formula is C29H33ClFN3O4S. The maximum atomic E-state index is 14.0. The van der Waals surface area contributed by atoms with Gasteiger partial charge in [-0.1, -0.05) is 59.6 Å². The van der Waals surface area contributed by atoms with E-state index in [0.29, 0.717) is 0 Å². The van der Waals surface area contributed by atoms with Crippen LogP contribution >= 0.6 is 11.6 Å². The lowest BCUT2D eigenvalue weighted by atomic mass is 10.1. The summed E-state index contributed by atoms with van der Waals surface area (Å²) in [5.41, 5.74) is 1.22. The summed E-state index contributed by atoms with van der Waals surface area (Å²) in [5.74, 6) is -1.73. The van der Waals surface area contributed by atoms with Crippen LogP contribution in [0.1, 0.15) is 38.8 Å². The number of carbonyl (C=O) groups is 2. The zero-order valence-corrected chi connectivity index (χ0v) is 24.2. The molecule has 3 rings (SSSR count). The number of aryl methyl sites for hydroxylation is 1. The first kappa shape index (κ1) is 30.1. The van der Waals surface area contributed by atoms with Gasteiger partial charge in [0.15, 0.2) is 0 Å². The van der Waals surface area contributed by atoms with Crippen LogP contribution in [0.2, 0.25) is 5.02 Å². The van der Waals surface area contributed by atoms with Crippen molar-refractivity contribution < 1.29 is 22.4 Å². The highest BCUT2D eigenvalue weighted by atomic mass is 35.5. The lowest BCUT2D eigenvalue weighted by Crippen LogP contribution is -2.54. The van der Waals surface area contributed by atoms with Gasteiger partial charge in [-0.05, 0) is 70.5 Å². The number of nitrogens with zero attached hydrogens (tertiary/aromatic N) is 2. The van der Waals surface area contributed by atoms with Gasteiger partial charge >= 0.3 is 0 Å². The minimum absolute atomic E-state index is 0.0147. The molecule has 3 aromatic rings. The topological polar surface area (TPSA) is 86.8 Å². The Bertz CT molecular complexity index is 1440. The Labute approximate surface area is 234 Å². The van der Waals surface area contributed by atoms with E-state index in [4.69, 9.17) is 11.6 Å². The van der Waals surface area contributed by atoms with Gasteiger partial charge < -0.3 is 10.2 Å². The molecule has 0 saturated heterocycles. The zero-order valence-electron chi connectivity index (χ0n) is 22.6. The van der Waals surface area contributed by atoms with Gasteiger partial charge in [-0.15, -0.1) is 0 Å². The fraction of sp³-hybridized carbons (Fsp3) is 0.310. The maximum absolute atomic E-state index is 14.0. The minimum Gasteiger partial charge on any atom is -0.350 e. The molecule has 0 heterocycles. The number of carbonyl (C=O) groups excluding carboxylic acids is 2. The number of anilines is 1. The van der Waals surface area contributed by atoms with Gasteiger partial charge in [0.25, 0.3) is 10.0 Å². The van der Waals surface area contributed by atoms with E-state index in [1.807, 2.05) is 52.0 Å². The summed E-state index contributed by atoms with van der Waals surface area (Å²) in [4.78, 5) is 28.3. The first-order valence-corrected chi connectivity index (χ1v) is 14.2. The van der Waals surface area contributed by atoms with Crippen LogP contribution in [0.15, 0.2) is 77.7 Å². The molecule has 208 valence electrons. The van der Waals surface area contributed by atoms with Crippen molar-refractivity contribution >= 4 is 39.1 Å².